The van der Waals surface area contributed by atoms with Crippen molar-refractivity contribution in [3.05, 3.63) is 35.4 Å². The Morgan fingerprint density at radius 2 is 1.89 bits per heavy atom. The largest absolute Gasteiger partial charge is 0.478 e. The zero-order chi connectivity index (χ0) is 12.3. The van der Waals surface area contributed by atoms with Crippen molar-refractivity contribution in [1.82, 2.24) is 9.38 Å². The Labute approximate surface area is 116 Å². The molecule has 0 saturated heterocycles. The molecule has 19 heavy (non-hydrogen) atoms. The fourth-order valence-electron chi connectivity index (χ4n) is 2.70. The lowest BCUT2D eigenvalue weighted by Crippen LogP contribution is -2.09. The van der Waals surface area contributed by atoms with Gasteiger partial charge in [0.1, 0.15) is 5.82 Å². The number of fused-ring (bicyclic) bond motifs is 1. The molecular weight excluding hydrogens is 264 g/mol. The first kappa shape index (κ1) is 12.5. The number of aromatic nitrogens is 2. The van der Waals surface area contributed by atoms with Gasteiger partial charge in [-0.05, 0) is 37.8 Å². The van der Waals surface area contributed by atoms with Crippen molar-refractivity contribution in [2.45, 2.75) is 37.5 Å². The predicted molar refractivity (Wildman–Crippen MR) is 73.3 cm³/mol. The van der Waals surface area contributed by atoms with Crippen molar-refractivity contribution in [2.75, 3.05) is 0 Å². The maximum atomic E-state index is 11.4. The third kappa shape index (κ3) is 1.91. The highest BCUT2D eigenvalue weighted by molar-refractivity contribution is 5.90. The molecule has 0 spiro atoms. The van der Waals surface area contributed by atoms with Crippen LogP contribution in [0.1, 0.15) is 59.4 Å². The number of pyridine rings is 1. The highest BCUT2D eigenvalue weighted by Crippen LogP contribution is 2.45. The van der Waals surface area contributed by atoms with E-state index in [1.807, 2.05) is 12.3 Å². The Hall–Kier alpha value is -1.55. The van der Waals surface area contributed by atoms with Crippen molar-refractivity contribution >= 4 is 23.9 Å². The third-order valence-corrected chi connectivity index (χ3v) is 3.89. The minimum atomic E-state index is -0.825. The van der Waals surface area contributed by atoms with E-state index in [1.54, 1.807) is 6.07 Å². The van der Waals surface area contributed by atoms with Gasteiger partial charge in [-0.1, -0.05) is 0 Å². The van der Waals surface area contributed by atoms with Crippen LogP contribution in [0, 0.1) is 0 Å². The number of aromatic carboxylic acids is 1. The molecular formula is C14H15ClN2O2. The molecule has 2 aromatic rings. The van der Waals surface area contributed by atoms with E-state index in [1.165, 1.54) is 12.8 Å². The number of carboxylic acid groups (broad SMARTS) is 1. The summed E-state index contributed by atoms with van der Waals surface area (Å²) in [6.45, 7) is 0. The second-order valence-electron chi connectivity index (χ2n) is 5.36. The second-order valence-corrected chi connectivity index (χ2v) is 5.36. The van der Waals surface area contributed by atoms with Crippen molar-refractivity contribution < 1.29 is 9.90 Å². The minimum absolute atomic E-state index is 0. The van der Waals surface area contributed by atoms with Gasteiger partial charge in [0.15, 0.2) is 0 Å². The molecule has 2 aliphatic carbocycles. The molecule has 0 atom stereocenters. The van der Waals surface area contributed by atoms with Gasteiger partial charge < -0.3 is 5.11 Å². The lowest BCUT2D eigenvalue weighted by Gasteiger charge is -2.11. The van der Waals surface area contributed by atoms with Crippen molar-refractivity contribution in [3.8, 4) is 0 Å². The molecule has 2 aromatic heterocycles. The van der Waals surface area contributed by atoms with Gasteiger partial charge in [0, 0.05) is 17.5 Å². The van der Waals surface area contributed by atoms with Gasteiger partial charge in [0.25, 0.3) is 0 Å². The van der Waals surface area contributed by atoms with Gasteiger partial charge in [-0.2, -0.15) is 0 Å². The lowest BCUT2D eigenvalue weighted by atomic mass is 10.1. The summed E-state index contributed by atoms with van der Waals surface area (Å²) >= 11 is 0. The highest BCUT2D eigenvalue weighted by atomic mass is 35.5. The number of imidazole rings is 1. The van der Waals surface area contributed by atoms with Crippen LogP contribution in [-0.2, 0) is 0 Å². The van der Waals surface area contributed by atoms with E-state index in [9.17, 15) is 9.90 Å². The van der Waals surface area contributed by atoms with E-state index in [4.69, 9.17) is 0 Å². The topological polar surface area (TPSA) is 54.6 Å². The van der Waals surface area contributed by atoms with Crippen LogP contribution in [0.5, 0.6) is 0 Å². The molecule has 1 N–H and O–H groups in total. The summed E-state index contributed by atoms with van der Waals surface area (Å²) in [6, 6.07) is 3.60. The van der Waals surface area contributed by atoms with Crippen LogP contribution < -0.4 is 0 Å². The Kier molecular flexibility index (Phi) is 2.78. The molecule has 2 saturated carbocycles. The Morgan fingerprint density at radius 3 is 2.47 bits per heavy atom. The normalized spacial score (nSPS) is 18.3. The Morgan fingerprint density at radius 1 is 1.21 bits per heavy atom. The number of rotatable bonds is 3. The van der Waals surface area contributed by atoms with Gasteiger partial charge in [-0.3, -0.25) is 4.40 Å². The van der Waals surface area contributed by atoms with Crippen LogP contribution in [0.15, 0.2) is 18.3 Å². The SMILES string of the molecule is Cl.O=C(O)c1ccc2cnc(C3CC3)n2c1C1CC1. The summed E-state index contributed by atoms with van der Waals surface area (Å²) in [4.78, 5) is 15.9. The number of carbonyl (C=O) groups is 1. The molecule has 0 unspecified atom stereocenters. The molecule has 100 valence electrons. The van der Waals surface area contributed by atoms with Gasteiger partial charge in [-0.25, -0.2) is 9.78 Å². The quantitative estimate of drug-likeness (QED) is 0.938. The van der Waals surface area contributed by atoms with E-state index in [-0.39, 0.29) is 12.4 Å². The number of nitrogens with zero attached hydrogens (tertiary/aromatic N) is 2. The molecule has 2 aliphatic rings. The first-order valence-electron chi connectivity index (χ1n) is 6.49. The molecule has 0 aromatic carbocycles. The van der Waals surface area contributed by atoms with E-state index in [2.05, 4.69) is 9.38 Å². The molecule has 0 amide bonds. The average molecular weight is 279 g/mol. The van der Waals surface area contributed by atoms with Crippen LogP contribution in [0.25, 0.3) is 5.52 Å². The number of carboxylic acids is 1. The molecule has 5 heteroatoms. The maximum absolute atomic E-state index is 11.4. The summed E-state index contributed by atoms with van der Waals surface area (Å²) < 4.78 is 2.11. The maximum Gasteiger partial charge on any atom is 0.337 e. The number of hydrogen-bond acceptors (Lipinski definition) is 2. The zero-order valence-electron chi connectivity index (χ0n) is 10.4. The fourth-order valence-corrected chi connectivity index (χ4v) is 2.70. The molecule has 2 heterocycles. The first-order chi connectivity index (χ1) is 8.75. The van der Waals surface area contributed by atoms with Crippen LogP contribution in [0.4, 0.5) is 0 Å². The van der Waals surface area contributed by atoms with Gasteiger partial charge in [0.05, 0.1) is 17.3 Å². The number of hydrogen-bond donors (Lipinski definition) is 1. The summed E-state index contributed by atoms with van der Waals surface area (Å²) in [5.41, 5.74) is 2.45. The molecule has 4 nitrogen and oxygen atoms in total. The fraction of sp³-hybridized carbons (Fsp3) is 0.429. The molecule has 2 fully saturated rings. The Bertz CT molecular complexity index is 657. The zero-order valence-corrected chi connectivity index (χ0v) is 11.2. The third-order valence-electron chi connectivity index (χ3n) is 3.89. The monoisotopic (exact) mass is 278 g/mol. The van der Waals surface area contributed by atoms with Gasteiger partial charge in [-0.15, -0.1) is 12.4 Å². The summed E-state index contributed by atoms with van der Waals surface area (Å²) in [7, 11) is 0. The lowest BCUT2D eigenvalue weighted by molar-refractivity contribution is 0.0695. The molecule has 0 aliphatic heterocycles. The Balaban J connectivity index is 0.00000110. The van der Waals surface area contributed by atoms with E-state index >= 15 is 0 Å². The molecule has 0 bridgehead atoms. The van der Waals surface area contributed by atoms with Crippen molar-refractivity contribution in [3.63, 3.8) is 0 Å². The van der Waals surface area contributed by atoms with E-state index in [0.29, 0.717) is 17.4 Å². The van der Waals surface area contributed by atoms with Gasteiger partial charge in [0.2, 0.25) is 0 Å². The smallest absolute Gasteiger partial charge is 0.337 e. The van der Waals surface area contributed by atoms with Crippen LogP contribution >= 0.6 is 12.4 Å². The number of halogens is 1. The van der Waals surface area contributed by atoms with Crippen LogP contribution in [-0.4, -0.2) is 20.5 Å². The van der Waals surface area contributed by atoms with E-state index < -0.39 is 5.97 Å². The average Bonchev–Trinajstić information content (AvgIpc) is 3.25. The second kappa shape index (κ2) is 4.23. The molecule has 4 rings (SSSR count). The van der Waals surface area contributed by atoms with Crippen LogP contribution in [0.3, 0.4) is 0 Å². The summed E-state index contributed by atoms with van der Waals surface area (Å²) in [5.74, 6) is 1.18. The summed E-state index contributed by atoms with van der Waals surface area (Å²) in [6.07, 6.45) is 6.43. The highest BCUT2D eigenvalue weighted by Gasteiger charge is 2.34. The minimum Gasteiger partial charge on any atom is -0.478 e. The van der Waals surface area contributed by atoms with Crippen LogP contribution in [0.2, 0.25) is 0 Å². The van der Waals surface area contributed by atoms with Gasteiger partial charge >= 0.3 is 5.97 Å². The van der Waals surface area contributed by atoms with Crippen molar-refractivity contribution in [1.29, 1.82) is 0 Å². The first-order valence-corrected chi connectivity index (χ1v) is 6.49. The molecule has 0 radical (unpaired) electrons. The van der Waals surface area contributed by atoms with E-state index in [0.717, 1.165) is 29.9 Å². The van der Waals surface area contributed by atoms with Crippen molar-refractivity contribution in [2.24, 2.45) is 0 Å². The predicted octanol–water partition coefficient (Wildman–Crippen LogP) is 3.21. The summed E-state index contributed by atoms with van der Waals surface area (Å²) in [5, 5.41) is 9.35. The standard InChI is InChI=1S/C14H14N2O2.ClH/c17-14(18)11-6-5-10-7-15-13(9-3-4-9)16(10)12(11)8-1-2-8;/h5-9H,1-4H2,(H,17,18);1H.